The van der Waals surface area contributed by atoms with Gasteiger partial charge in [0.15, 0.2) is 0 Å². The summed E-state index contributed by atoms with van der Waals surface area (Å²) in [5.41, 5.74) is 2.48. The smallest absolute Gasteiger partial charge is 0.409 e. The van der Waals surface area contributed by atoms with Crippen LogP contribution in [-0.2, 0) is 4.74 Å². The van der Waals surface area contributed by atoms with Crippen LogP contribution < -0.4 is 10.6 Å². The third kappa shape index (κ3) is 5.70. The van der Waals surface area contributed by atoms with E-state index < -0.39 is 0 Å². The van der Waals surface area contributed by atoms with Gasteiger partial charge in [-0.25, -0.2) is 4.79 Å². The molecule has 2 heterocycles. The number of nitrogens with one attached hydrogen (secondary N) is 2. The van der Waals surface area contributed by atoms with Gasteiger partial charge in [0, 0.05) is 37.6 Å². The lowest BCUT2D eigenvalue weighted by Crippen LogP contribution is -2.46. The highest BCUT2D eigenvalue weighted by Crippen LogP contribution is 2.19. The van der Waals surface area contributed by atoms with Gasteiger partial charge < -0.3 is 20.3 Å². The van der Waals surface area contributed by atoms with Crippen molar-refractivity contribution >= 4 is 17.7 Å². The Morgan fingerprint density at radius 1 is 1.21 bits per heavy atom. The lowest BCUT2D eigenvalue weighted by molar-refractivity contribution is 0.0860. The van der Waals surface area contributed by atoms with Crippen molar-refractivity contribution in [3.05, 3.63) is 59.9 Å². The zero-order chi connectivity index (χ0) is 20.6. The number of rotatable bonds is 6. The van der Waals surface area contributed by atoms with Crippen LogP contribution in [0.15, 0.2) is 48.8 Å². The maximum atomic E-state index is 12.7. The van der Waals surface area contributed by atoms with Crippen molar-refractivity contribution in [1.82, 2.24) is 15.2 Å². The summed E-state index contributed by atoms with van der Waals surface area (Å²) in [6, 6.07) is 12.1. The van der Waals surface area contributed by atoms with Gasteiger partial charge in [0.25, 0.3) is 5.91 Å². The van der Waals surface area contributed by atoms with Gasteiger partial charge in [0.1, 0.15) is 0 Å². The molecule has 1 saturated heterocycles. The highest BCUT2D eigenvalue weighted by Gasteiger charge is 2.25. The first kappa shape index (κ1) is 20.6. The minimum Gasteiger partial charge on any atom is -0.450 e. The Labute approximate surface area is 171 Å². The van der Waals surface area contributed by atoms with Crippen LogP contribution in [0.4, 0.5) is 10.5 Å². The summed E-state index contributed by atoms with van der Waals surface area (Å²) in [6.45, 7) is 5.40. The normalized spacial score (nSPS) is 15.4. The largest absolute Gasteiger partial charge is 0.450 e. The number of amides is 2. The monoisotopic (exact) mass is 396 g/mol. The van der Waals surface area contributed by atoms with Crippen molar-refractivity contribution in [3.8, 4) is 0 Å². The molecule has 1 fully saturated rings. The van der Waals surface area contributed by atoms with Gasteiger partial charge >= 0.3 is 6.09 Å². The number of piperidine rings is 1. The summed E-state index contributed by atoms with van der Waals surface area (Å²) < 4.78 is 5.03. The summed E-state index contributed by atoms with van der Waals surface area (Å²) in [4.78, 5) is 30.3. The second kappa shape index (κ2) is 9.91. The van der Waals surface area contributed by atoms with Crippen molar-refractivity contribution in [2.75, 3.05) is 25.0 Å². The molecule has 1 aromatic carbocycles. The van der Waals surface area contributed by atoms with Crippen molar-refractivity contribution in [3.63, 3.8) is 0 Å². The first-order valence-electron chi connectivity index (χ1n) is 10.1. The van der Waals surface area contributed by atoms with Gasteiger partial charge in [-0.15, -0.1) is 0 Å². The van der Waals surface area contributed by atoms with E-state index in [4.69, 9.17) is 4.74 Å². The topological polar surface area (TPSA) is 83.6 Å². The number of hydrogen-bond donors (Lipinski definition) is 2. The van der Waals surface area contributed by atoms with E-state index in [1.807, 2.05) is 24.3 Å². The Hall–Kier alpha value is -3.09. The van der Waals surface area contributed by atoms with Gasteiger partial charge in [-0.3, -0.25) is 9.78 Å². The summed E-state index contributed by atoms with van der Waals surface area (Å²) in [5, 5.41) is 6.44. The molecule has 1 aliphatic heterocycles. The SMILES string of the molecule is CCOC(=O)N1CCC(NC(=O)c2cncc(NC(C)c3ccccc3)c2)CC1. The summed E-state index contributed by atoms with van der Waals surface area (Å²) in [5.74, 6) is -0.150. The van der Waals surface area contributed by atoms with E-state index >= 15 is 0 Å². The molecule has 29 heavy (non-hydrogen) atoms. The van der Waals surface area contributed by atoms with Crippen LogP contribution in [-0.4, -0.2) is 47.6 Å². The molecule has 1 unspecified atom stereocenters. The van der Waals surface area contributed by atoms with Gasteiger partial charge in [-0.1, -0.05) is 30.3 Å². The van der Waals surface area contributed by atoms with Crippen LogP contribution in [0.1, 0.15) is 48.7 Å². The van der Waals surface area contributed by atoms with Crippen molar-refractivity contribution < 1.29 is 14.3 Å². The number of aromatic nitrogens is 1. The molecule has 0 spiro atoms. The van der Waals surface area contributed by atoms with E-state index in [0.29, 0.717) is 38.1 Å². The number of hydrogen-bond acceptors (Lipinski definition) is 5. The lowest BCUT2D eigenvalue weighted by Gasteiger charge is -2.31. The fraction of sp³-hybridized carbons (Fsp3) is 0.409. The molecule has 7 heteroatoms. The van der Waals surface area contributed by atoms with Gasteiger partial charge in [0.2, 0.25) is 0 Å². The average Bonchev–Trinajstić information content (AvgIpc) is 2.75. The van der Waals surface area contributed by atoms with Crippen molar-refractivity contribution in [2.45, 2.75) is 38.8 Å². The highest BCUT2D eigenvalue weighted by molar-refractivity contribution is 5.94. The van der Waals surface area contributed by atoms with Crippen molar-refractivity contribution in [1.29, 1.82) is 0 Å². The molecular weight excluding hydrogens is 368 g/mol. The Morgan fingerprint density at radius 3 is 2.62 bits per heavy atom. The zero-order valence-electron chi connectivity index (χ0n) is 16.9. The zero-order valence-corrected chi connectivity index (χ0v) is 16.9. The second-order valence-electron chi connectivity index (χ2n) is 7.17. The standard InChI is InChI=1S/C22H28N4O3/c1-3-29-22(28)26-11-9-19(10-12-26)25-21(27)18-13-20(15-23-14-18)24-16(2)17-7-5-4-6-8-17/h4-8,13-16,19,24H,3,9-12H2,1-2H3,(H,25,27). The van der Waals surface area contributed by atoms with E-state index in [-0.39, 0.29) is 24.1 Å². The average molecular weight is 396 g/mol. The Morgan fingerprint density at radius 2 is 1.93 bits per heavy atom. The molecule has 3 rings (SSSR count). The molecular formula is C22H28N4O3. The molecule has 1 aliphatic rings. The fourth-order valence-corrected chi connectivity index (χ4v) is 3.41. The number of anilines is 1. The molecule has 0 saturated carbocycles. The molecule has 1 atom stereocenters. The Bertz CT molecular complexity index is 820. The number of pyridine rings is 1. The van der Waals surface area contributed by atoms with E-state index in [0.717, 1.165) is 11.3 Å². The van der Waals surface area contributed by atoms with Crippen LogP contribution in [0.25, 0.3) is 0 Å². The van der Waals surface area contributed by atoms with Crippen LogP contribution in [0.5, 0.6) is 0 Å². The van der Waals surface area contributed by atoms with Crippen LogP contribution in [0, 0.1) is 0 Å². The molecule has 7 nitrogen and oxygen atoms in total. The predicted octanol–water partition coefficient (Wildman–Crippen LogP) is 3.61. The maximum absolute atomic E-state index is 12.7. The predicted molar refractivity (Wildman–Crippen MR) is 112 cm³/mol. The molecule has 2 aromatic rings. The molecule has 0 bridgehead atoms. The van der Waals surface area contributed by atoms with Crippen LogP contribution in [0.2, 0.25) is 0 Å². The third-order valence-electron chi connectivity index (χ3n) is 5.04. The second-order valence-corrected chi connectivity index (χ2v) is 7.17. The number of carbonyl (C=O) groups is 2. The van der Waals surface area contributed by atoms with E-state index in [1.165, 1.54) is 0 Å². The highest BCUT2D eigenvalue weighted by atomic mass is 16.6. The number of benzene rings is 1. The first-order chi connectivity index (χ1) is 14.1. The lowest BCUT2D eigenvalue weighted by atomic mass is 10.0. The first-order valence-corrected chi connectivity index (χ1v) is 10.1. The molecule has 0 aliphatic carbocycles. The fourth-order valence-electron chi connectivity index (χ4n) is 3.41. The minimum atomic E-state index is -0.284. The van der Waals surface area contributed by atoms with Crippen molar-refractivity contribution in [2.24, 2.45) is 0 Å². The molecule has 2 N–H and O–H groups in total. The summed E-state index contributed by atoms with van der Waals surface area (Å²) in [6.07, 6.45) is 4.42. The molecule has 0 radical (unpaired) electrons. The van der Waals surface area contributed by atoms with Gasteiger partial charge in [0.05, 0.1) is 17.9 Å². The molecule has 1 aromatic heterocycles. The van der Waals surface area contributed by atoms with Gasteiger partial charge in [-0.2, -0.15) is 0 Å². The number of carbonyl (C=O) groups excluding carboxylic acids is 2. The number of ether oxygens (including phenoxy) is 1. The molecule has 2 amide bonds. The third-order valence-corrected chi connectivity index (χ3v) is 5.04. The van der Waals surface area contributed by atoms with Crippen LogP contribution >= 0.6 is 0 Å². The van der Waals surface area contributed by atoms with Crippen LogP contribution in [0.3, 0.4) is 0 Å². The van der Waals surface area contributed by atoms with Gasteiger partial charge in [-0.05, 0) is 38.3 Å². The maximum Gasteiger partial charge on any atom is 0.409 e. The number of nitrogens with zero attached hydrogens (tertiary/aromatic N) is 2. The van der Waals surface area contributed by atoms with E-state index in [9.17, 15) is 9.59 Å². The Kier molecular flexibility index (Phi) is 7.05. The Balaban J connectivity index is 1.54. The molecule has 154 valence electrons. The van der Waals surface area contributed by atoms with E-state index in [1.54, 1.807) is 24.2 Å². The minimum absolute atomic E-state index is 0.0352. The van der Waals surface area contributed by atoms with E-state index in [2.05, 4.69) is 34.7 Å². The quantitative estimate of drug-likeness (QED) is 0.779. The summed E-state index contributed by atoms with van der Waals surface area (Å²) >= 11 is 0. The summed E-state index contributed by atoms with van der Waals surface area (Å²) in [7, 11) is 0. The number of likely N-dealkylation sites (tertiary alicyclic amines) is 1.